The second kappa shape index (κ2) is 5.84. The number of aliphatic hydroxyl groups is 1. The average molecular weight is 307 g/mol. The molecule has 0 aromatic heterocycles. The van der Waals surface area contributed by atoms with E-state index in [2.05, 4.69) is 0 Å². The largest absolute Gasteiger partial charge is 0.495 e. The number of benzene rings is 2. The van der Waals surface area contributed by atoms with Crippen molar-refractivity contribution in [3.05, 3.63) is 52.5 Å². The van der Waals surface area contributed by atoms with Crippen molar-refractivity contribution in [3.8, 4) is 17.2 Å². The lowest BCUT2D eigenvalue weighted by molar-refractivity contribution is 0.158. The Kier molecular flexibility index (Phi) is 3.90. The standard InChI is InChI=1S/C16H15ClO4/c1-19-14-9-10(5-6-12(14)17)15(18)11-3-2-4-13-16(11)21-8-7-20-13/h2-6,9,15,18H,7-8H2,1H3. The first-order valence-corrected chi connectivity index (χ1v) is 6.98. The fraction of sp³-hybridized carbons (Fsp3) is 0.250. The number of para-hydroxylation sites is 1. The Morgan fingerprint density at radius 1 is 1.19 bits per heavy atom. The van der Waals surface area contributed by atoms with Crippen LogP contribution in [0.25, 0.3) is 0 Å². The molecule has 5 heteroatoms. The van der Waals surface area contributed by atoms with Crippen LogP contribution in [0.4, 0.5) is 0 Å². The topological polar surface area (TPSA) is 47.9 Å². The molecule has 1 unspecified atom stereocenters. The van der Waals surface area contributed by atoms with Crippen LogP contribution < -0.4 is 14.2 Å². The normalized spacial score (nSPS) is 14.6. The maximum atomic E-state index is 10.6. The van der Waals surface area contributed by atoms with Gasteiger partial charge in [-0.15, -0.1) is 0 Å². The predicted octanol–water partition coefficient (Wildman–Crippen LogP) is 3.20. The molecule has 1 heterocycles. The highest BCUT2D eigenvalue weighted by Gasteiger charge is 2.22. The Bertz CT molecular complexity index is 657. The molecule has 1 aliphatic heterocycles. The molecule has 3 rings (SSSR count). The van der Waals surface area contributed by atoms with Gasteiger partial charge in [0.25, 0.3) is 0 Å². The van der Waals surface area contributed by atoms with Gasteiger partial charge < -0.3 is 19.3 Å². The lowest BCUT2D eigenvalue weighted by Crippen LogP contribution is -2.17. The van der Waals surface area contributed by atoms with Gasteiger partial charge in [-0.25, -0.2) is 0 Å². The summed E-state index contributed by atoms with van der Waals surface area (Å²) in [5.74, 6) is 1.76. The Balaban J connectivity index is 2.00. The van der Waals surface area contributed by atoms with Crippen LogP contribution in [-0.2, 0) is 0 Å². The molecular formula is C16H15ClO4. The third kappa shape index (κ3) is 2.64. The van der Waals surface area contributed by atoms with Gasteiger partial charge in [0.2, 0.25) is 0 Å². The van der Waals surface area contributed by atoms with E-state index in [-0.39, 0.29) is 0 Å². The first-order valence-electron chi connectivity index (χ1n) is 6.60. The minimum Gasteiger partial charge on any atom is -0.495 e. The van der Waals surface area contributed by atoms with Crippen LogP contribution >= 0.6 is 11.6 Å². The number of rotatable bonds is 3. The van der Waals surface area contributed by atoms with Crippen molar-refractivity contribution < 1.29 is 19.3 Å². The number of methoxy groups -OCH3 is 1. The molecule has 0 radical (unpaired) electrons. The Morgan fingerprint density at radius 3 is 2.81 bits per heavy atom. The number of aliphatic hydroxyl groups excluding tert-OH is 1. The van der Waals surface area contributed by atoms with Crippen LogP contribution in [0, 0.1) is 0 Å². The molecule has 110 valence electrons. The second-order valence-corrected chi connectivity index (χ2v) is 5.08. The van der Waals surface area contributed by atoms with Gasteiger partial charge in [-0.2, -0.15) is 0 Å². The average Bonchev–Trinajstić information content (AvgIpc) is 2.54. The molecule has 0 aliphatic carbocycles. The van der Waals surface area contributed by atoms with E-state index in [0.717, 1.165) is 0 Å². The quantitative estimate of drug-likeness (QED) is 0.946. The van der Waals surface area contributed by atoms with Gasteiger partial charge in [0, 0.05) is 5.56 Å². The SMILES string of the molecule is COc1cc(C(O)c2cccc3c2OCCO3)ccc1Cl. The predicted molar refractivity (Wildman–Crippen MR) is 79.5 cm³/mol. The summed E-state index contributed by atoms with van der Waals surface area (Å²) in [5, 5.41) is 11.1. The molecule has 0 saturated carbocycles. The maximum absolute atomic E-state index is 10.6. The molecule has 0 bridgehead atoms. The summed E-state index contributed by atoms with van der Waals surface area (Å²) in [5.41, 5.74) is 1.34. The summed E-state index contributed by atoms with van der Waals surface area (Å²) in [6.45, 7) is 0.988. The molecule has 2 aromatic carbocycles. The van der Waals surface area contributed by atoms with Crippen molar-refractivity contribution in [2.45, 2.75) is 6.10 Å². The Labute approximate surface area is 127 Å². The molecule has 4 nitrogen and oxygen atoms in total. The van der Waals surface area contributed by atoms with Crippen LogP contribution in [0.2, 0.25) is 5.02 Å². The zero-order valence-electron chi connectivity index (χ0n) is 11.5. The van der Waals surface area contributed by atoms with Crippen molar-refractivity contribution in [1.82, 2.24) is 0 Å². The third-order valence-corrected chi connectivity index (χ3v) is 3.69. The van der Waals surface area contributed by atoms with Crippen LogP contribution in [0.15, 0.2) is 36.4 Å². The smallest absolute Gasteiger partial charge is 0.167 e. The molecule has 0 fully saturated rings. The fourth-order valence-electron chi connectivity index (χ4n) is 2.34. The van der Waals surface area contributed by atoms with Gasteiger partial charge >= 0.3 is 0 Å². The van der Waals surface area contributed by atoms with Crippen molar-refractivity contribution >= 4 is 11.6 Å². The van der Waals surface area contributed by atoms with E-state index >= 15 is 0 Å². The first-order chi connectivity index (χ1) is 10.2. The third-order valence-electron chi connectivity index (χ3n) is 3.38. The van der Waals surface area contributed by atoms with E-state index in [9.17, 15) is 5.11 Å². The van der Waals surface area contributed by atoms with Gasteiger partial charge in [-0.1, -0.05) is 29.8 Å². The number of fused-ring (bicyclic) bond motifs is 1. The monoisotopic (exact) mass is 306 g/mol. The lowest BCUT2D eigenvalue weighted by Gasteiger charge is -2.23. The van der Waals surface area contributed by atoms with E-state index in [1.165, 1.54) is 0 Å². The number of hydrogen-bond donors (Lipinski definition) is 1. The summed E-state index contributed by atoms with van der Waals surface area (Å²) >= 11 is 6.01. The van der Waals surface area contributed by atoms with E-state index in [1.807, 2.05) is 18.2 Å². The number of halogens is 1. The zero-order valence-corrected chi connectivity index (χ0v) is 12.3. The maximum Gasteiger partial charge on any atom is 0.167 e. The van der Waals surface area contributed by atoms with Gasteiger partial charge in [0.15, 0.2) is 11.5 Å². The molecular weight excluding hydrogens is 292 g/mol. The molecule has 0 spiro atoms. The summed E-state index contributed by atoms with van der Waals surface area (Å²) < 4.78 is 16.4. The van der Waals surface area contributed by atoms with E-state index in [4.69, 9.17) is 25.8 Å². The van der Waals surface area contributed by atoms with Gasteiger partial charge in [-0.3, -0.25) is 0 Å². The summed E-state index contributed by atoms with van der Waals surface area (Å²) in [7, 11) is 1.54. The van der Waals surface area contributed by atoms with Crippen LogP contribution in [0.5, 0.6) is 17.2 Å². The highest BCUT2D eigenvalue weighted by molar-refractivity contribution is 6.32. The van der Waals surface area contributed by atoms with Crippen molar-refractivity contribution in [1.29, 1.82) is 0 Å². The van der Waals surface area contributed by atoms with E-state index in [0.29, 0.717) is 46.6 Å². The van der Waals surface area contributed by atoms with Gasteiger partial charge in [0.05, 0.1) is 12.1 Å². The molecule has 1 aliphatic rings. The van der Waals surface area contributed by atoms with Crippen molar-refractivity contribution in [2.75, 3.05) is 20.3 Å². The number of ether oxygens (including phenoxy) is 3. The molecule has 0 saturated heterocycles. The second-order valence-electron chi connectivity index (χ2n) is 4.67. The van der Waals surface area contributed by atoms with E-state index < -0.39 is 6.10 Å². The lowest BCUT2D eigenvalue weighted by atomic mass is 10.00. The summed E-state index contributed by atoms with van der Waals surface area (Å²) in [4.78, 5) is 0. The van der Waals surface area contributed by atoms with Gasteiger partial charge in [0.1, 0.15) is 25.1 Å². The van der Waals surface area contributed by atoms with E-state index in [1.54, 1.807) is 25.3 Å². The fourth-order valence-corrected chi connectivity index (χ4v) is 2.53. The van der Waals surface area contributed by atoms with Gasteiger partial charge in [-0.05, 0) is 23.8 Å². The van der Waals surface area contributed by atoms with Crippen molar-refractivity contribution in [3.63, 3.8) is 0 Å². The van der Waals surface area contributed by atoms with Crippen LogP contribution in [0.1, 0.15) is 17.2 Å². The number of hydrogen-bond acceptors (Lipinski definition) is 4. The molecule has 1 atom stereocenters. The van der Waals surface area contributed by atoms with Crippen LogP contribution in [-0.4, -0.2) is 25.4 Å². The zero-order chi connectivity index (χ0) is 14.8. The van der Waals surface area contributed by atoms with Crippen LogP contribution in [0.3, 0.4) is 0 Å². The molecule has 21 heavy (non-hydrogen) atoms. The Morgan fingerprint density at radius 2 is 2.00 bits per heavy atom. The van der Waals surface area contributed by atoms with Crippen molar-refractivity contribution in [2.24, 2.45) is 0 Å². The summed E-state index contributed by atoms with van der Waals surface area (Å²) in [6, 6.07) is 10.7. The first kappa shape index (κ1) is 14.0. The summed E-state index contributed by atoms with van der Waals surface area (Å²) in [6.07, 6.45) is -0.840. The Hall–Kier alpha value is -1.91. The minimum absolute atomic E-state index is 0.473. The highest BCUT2D eigenvalue weighted by atomic mass is 35.5. The highest BCUT2D eigenvalue weighted by Crippen LogP contribution is 2.40. The minimum atomic E-state index is -0.840. The molecule has 0 amide bonds. The molecule has 2 aromatic rings. The molecule has 1 N–H and O–H groups in total.